The minimum atomic E-state index is -0.370. The summed E-state index contributed by atoms with van der Waals surface area (Å²) < 4.78 is 21.7. The molecule has 0 saturated carbocycles. The number of ether oxygens (including phenoxy) is 4. The molecule has 0 spiro atoms. The van der Waals surface area contributed by atoms with Crippen molar-refractivity contribution in [3.8, 4) is 23.0 Å². The van der Waals surface area contributed by atoms with E-state index in [1.807, 2.05) is 6.92 Å². The Balaban J connectivity index is 2.07. The fraction of sp³-hybridized carbons (Fsp3) is 0.500. The van der Waals surface area contributed by atoms with Crippen molar-refractivity contribution in [2.24, 2.45) is 11.1 Å². The van der Waals surface area contributed by atoms with Gasteiger partial charge in [0.2, 0.25) is 18.3 Å². The van der Waals surface area contributed by atoms with Gasteiger partial charge in [-0.05, 0) is 6.07 Å². The Morgan fingerprint density at radius 2 is 2.05 bits per heavy atom. The quantitative estimate of drug-likeness (QED) is 0.906. The maximum Gasteiger partial charge on any atom is 0.231 e. The molecule has 2 heterocycles. The van der Waals surface area contributed by atoms with Crippen LogP contribution in [0.3, 0.4) is 0 Å². The van der Waals surface area contributed by atoms with E-state index in [1.54, 1.807) is 20.3 Å². The van der Waals surface area contributed by atoms with Crippen molar-refractivity contribution in [1.82, 2.24) is 0 Å². The summed E-state index contributed by atoms with van der Waals surface area (Å²) in [5.74, 6) is 2.03. The van der Waals surface area contributed by atoms with Gasteiger partial charge in [0.1, 0.15) is 0 Å². The lowest BCUT2D eigenvalue weighted by atomic mass is 9.93. The van der Waals surface area contributed by atoms with E-state index in [1.165, 1.54) is 0 Å². The van der Waals surface area contributed by atoms with Crippen LogP contribution < -0.4 is 18.9 Å². The Labute approximate surface area is 122 Å². The molecule has 0 saturated heterocycles. The first-order valence-corrected chi connectivity index (χ1v) is 6.59. The first kappa shape index (κ1) is 13.8. The largest absolute Gasteiger partial charge is 0.493 e. The maximum atomic E-state index is 9.27. The first-order chi connectivity index (χ1) is 10.2. The highest BCUT2D eigenvalue weighted by atomic mass is 16.7. The van der Waals surface area contributed by atoms with Crippen LogP contribution in [0.2, 0.25) is 0 Å². The number of fused-ring (bicyclic) bond motifs is 1. The van der Waals surface area contributed by atoms with E-state index in [9.17, 15) is 5.11 Å². The van der Waals surface area contributed by atoms with Gasteiger partial charge < -0.3 is 28.9 Å². The van der Waals surface area contributed by atoms with E-state index >= 15 is 0 Å². The molecule has 2 aliphatic heterocycles. The van der Waals surface area contributed by atoms with Crippen LogP contribution in [0.25, 0.3) is 0 Å². The van der Waals surface area contributed by atoms with Gasteiger partial charge in [-0.2, -0.15) is 0 Å². The average molecular weight is 295 g/mol. The van der Waals surface area contributed by atoms with Gasteiger partial charge >= 0.3 is 0 Å². The minimum Gasteiger partial charge on any atom is -0.493 e. The smallest absolute Gasteiger partial charge is 0.231 e. The molecule has 0 aromatic heterocycles. The van der Waals surface area contributed by atoms with Gasteiger partial charge in [-0.3, -0.25) is 0 Å². The van der Waals surface area contributed by atoms with Crippen LogP contribution in [0.1, 0.15) is 18.6 Å². The number of methoxy groups -OCH3 is 2. The van der Waals surface area contributed by atoms with Crippen molar-refractivity contribution in [3.63, 3.8) is 0 Å². The lowest BCUT2D eigenvalue weighted by molar-refractivity contribution is 0.0628. The van der Waals surface area contributed by atoms with E-state index in [4.69, 9.17) is 23.8 Å². The molecule has 0 unspecified atom stereocenters. The van der Waals surface area contributed by atoms with Crippen molar-refractivity contribution in [2.45, 2.75) is 13.0 Å². The predicted molar refractivity (Wildman–Crippen MR) is 73.2 cm³/mol. The fourth-order valence-electron chi connectivity index (χ4n) is 2.58. The number of nitrogens with zero attached hydrogens (tertiary/aromatic N) is 1. The standard InChI is InChI=1S/C14H17NO6/c1-7-9(5-16)15-21-11(7)8-4-10(17-2)13-14(12(8)18-3)20-6-19-13/h4,7,11,16H,5-6H2,1-3H3/t7-,11+/m1/s1. The van der Waals surface area contributed by atoms with Crippen LogP contribution in [-0.2, 0) is 4.84 Å². The molecule has 2 atom stereocenters. The third kappa shape index (κ3) is 2.04. The third-order valence-corrected chi connectivity index (χ3v) is 3.75. The lowest BCUT2D eigenvalue weighted by Gasteiger charge is -2.19. The SMILES string of the molecule is COc1cc([C@H]2ON=C(CO)[C@H]2C)c(OC)c2c1OCO2. The second kappa shape index (κ2) is 5.33. The molecule has 0 fully saturated rings. The van der Waals surface area contributed by atoms with Crippen LogP contribution in [0.4, 0.5) is 0 Å². The van der Waals surface area contributed by atoms with Gasteiger partial charge in [0.15, 0.2) is 17.6 Å². The van der Waals surface area contributed by atoms with Crippen molar-refractivity contribution in [3.05, 3.63) is 11.6 Å². The van der Waals surface area contributed by atoms with Gasteiger partial charge in [0.25, 0.3) is 0 Å². The Hall–Kier alpha value is -2.15. The van der Waals surface area contributed by atoms with Crippen LogP contribution in [0.15, 0.2) is 11.2 Å². The second-order valence-electron chi connectivity index (χ2n) is 4.82. The molecule has 1 aromatic carbocycles. The van der Waals surface area contributed by atoms with Crippen LogP contribution in [0.5, 0.6) is 23.0 Å². The average Bonchev–Trinajstić information content (AvgIpc) is 3.12. The number of hydrogen-bond donors (Lipinski definition) is 1. The second-order valence-corrected chi connectivity index (χ2v) is 4.82. The Morgan fingerprint density at radius 3 is 2.67 bits per heavy atom. The Morgan fingerprint density at radius 1 is 1.29 bits per heavy atom. The zero-order valence-electron chi connectivity index (χ0n) is 12.1. The molecule has 7 heteroatoms. The first-order valence-electron chi connectivity index (χ1n) is 6.59. The molecule has 1 N–H and O–H groups in total. The molecule has 0 bridgehead atoms. The van der Waals surface area contributed by atoms with Gasteiger partial charge in [0, 0.05) is 11.5 Å². The number of hydrogen-bond acceptors (Lipinski definition) is 7. The number of benzene rings is 1. The highest BCUT2D eigenvalue weighted by molar-refractivity contribution is 5.89. The summed E-state index contributed by atoms with van der Waals surface area (Å²) in [6, 6.07) is 1.79. The number of oxime groups is 1. The molecule has 2 aliphatic rings. The van der Waals surface area contributed by atoms with Crippen molar-refractivity contribution in [2.75, 3.05) is 27.6 Å². The predicted octanol–water partition coefficient (Wildman–Crippen LogP) is 1.49. The maximum absolute atomic E-state index is 9.27. The third-order valence-electron chi connectivity index (χ3n) is 3.75. The lowest BCUT2D eigenvalue weighted by Crippen LogP contribution is -2.17. The molecular formula is C14H17NO6. The van der Waals surface area contributed by atoms with Crippen molar-refractivity contribution < 1.29 is 28.9 Å². The topological polar surface area (TPSA) is 78.7 Å². The van der Waals surface area contributed by atoms with Gasteiger partial charge in [-0.1, -0.05) is 12.1 Å². The molecule has 7 nitrogen and oxygen atoms in total. The van der Waals surface area contributed by atoms with E-state index in [-0.39, 0.29) is 25.4 Å². The summed E-state index contributed by atoms with van der Waals surface area (Å²) in [4.78, 5) is 5.45. The summed E-state index contributed by atoms with van der Waals surface area (Å²) in [6.45, 7) is 1.91. The van der Waals surface area contributed by atoms with Gasteiger partial charge in [0.05, 0.1) is 26.5 Å². The highest BCUT2D eigenvalue weighted by Crippen LogP contribution is 2.52. The molecule has 0 amide bonds. The summed E-state index contributed by atoms with van der Waals surface area (Å²) in [6.07, 6.45) is -0.370. The number of aliphatic hydroxyl groups excluding tert-OH is 1. The van der Waals surface area contributed by atoms with Gasteiger partial charge in [-0.15, -0.1) is 0 Å². The zero-order valence-corrected chi connectivity index (χ0v) is 12.1. The Bertz CT molecular complexity index is 585. The summed E-state index contributed by atoms with van der Waals surface area (Å²) >= 11 is 0. The summed E-state index contributed by atoms with van der Waals surface area (Å²) in [7, 11) is 3.11. The van der Waals surface area contributed by atoms with E-state index in [2.05, 4.69) is 5.16 Å². The Kier molecular flexibility index (Phi) is 3.50. The van der Waals surface area contributed by atoms with Crippen LogP contribution in [-0.4, -0.2) is 38.4 Å². The number of aliphatic hydroxyl groups is 1. The van der Waals surface area contributed by atoms with E-state index in [0.717, 1.165) is 5.56 Å². The van der Waals surface area contributed by atoms with Gasteiger partial charge in [-0.25, -0.2) is 0 Å². The van der Waals surface area contributed by atoms with Crippen LogP contribution >= 0.6 is 0 Å². The fourth-order valence-corrected chi connectivity index (χ4v) is 2.58. The molecule has 21 heavy (non-hydrogen) atoms. The van der Waals surface area contributed by atoms with Crippen molar-refractivity contribution in [1.29, 1.82) is 0 Å². The number of rotatable bonds is 4. The van der Waals surface area contributed by atoms with Crippen LogP contribution in [0, 0.1) is 5.92 Å². The van der Waals surface area contributed by atoms with E-state index in [0.29, 0.717) is 28.7 Å². The zero-order chi connectivity index (χ0) is 15.0. The monoisotopic (exact) mass is 295 g/mol. The molecule has 1 aromatic rings. The minimum absolute atomic E-state index is 0.0750. The summed E-state index contributed by atoms with van der Waals surface area (Å²) in [5.41, 5.74) is 1.34. The highest BCUT2D eigenvalue weighted by Gasteiger charge is 2.37. The molecular weight excluding hydrogens is 278 g/mol. The molecule has 0 aliphatic carbocycles. The molecule has 3 rings (SSSR count). The van der Waals surface area contributed by atoms with E-state index < -0.39 is 0 Å². The normalized spacial score (nSPS) is 22.8. The summed E-state index contributed by atoms with van der Waals surface area (Å²) in [5, 5.41) is 13.2. The molecule has 114 valence electrons. The molecule has 0 radical (unpaired) electrons. The van der Waals surface area contributed by atoms with Crippen molar-refractivity contribution >= 4 is 5.71 Å².